The molecule has 1 atom stereocenters. The number of hydrogen-bond donors (Lipinski definition) is 0. The predicted octanol–water partition coefficient (Wildman–Crippen LogP) is 3.49. The molecule has 0 saturated carbocycles. The van der Waals surface area contributed by atoms with E-state index in [1.807, 2.05) is 19.1 Å². The number of Topliss-reactive ketones (excluding diaryl/α,β-unsaturated/α-hetero) is 1. The van der Waals surface area contributed by atoms with Gasteiger partial charge in [0, 0.05) is 0 Å². The van der Waals surface area contributed by atoms with E-state index < -0.39 is 4.87 Å². The number of allylic oxidation sites excluding steroid dienone is 3. The molecule has 0 spiro atoms. The Morgan fingerprint density at radius 3 is 2.31 bits per heavy atom. The molecule has 0 aromatic carbocycles. The van der Waals surface area contributed by atoms with E-state index in [-0.39, 0.29) is 5.78 Å². The third kappa shape index (κ3) is 3.35. The predicted molar refractivity (Wildman–Crippen MR) is 58.1 cm³/mol. The van der Waals surface area contributed by atoms with Gasteiger partial charge in [0.1, 0.15) is 4.87 Å². The zero-order chi connectivity index (χ0) is 10.5. The number of rotatable bonds is 5. The van der Waals surface area contributed by atoms with Crippen LogP contribution in [0, 0.1) is 0 Å². The Hall–Kier alpha value is -0.560. The largest absolute Gasteiger partial charge is 0.298 e. The first kappa shape index (κ1) is 12.4. The number of carbonyl (C=O) groups is 1. The van der Waals surface area contributed by atoms with Crippen molar-refractivity contribution in [2.45, 2.75) is 38.5 Å². The zero-order valence-corrected chi connectivity index (χ0v) is 9.32. The number of ketones is 1. The van der Waals surface area contributed by atoms with E-state index in [4.69, 9.17) is 11.6 Å². The van der Waals surface area contributed by atoms with Gasteiger partial charge >= 0.3 is 0 Å². The van der Waals surface area contributed by atoms with Crippen LogP contribution in [0.5, 0.6) is 0 Å². The summed E-state index contributed by atoms with van der Waals surface area (Å²) in [5, 5.41) is 0. The molecular formula is C11H17ClO. The average Bonchev–Trinajstić information content (AvgIpc) is 2.03. The van der Waals surface area contributed by atoms with Crippen molar-refractivity contribution in [3.63, 3.8) is 0 Å². The summed E-state index contributed by atoms with van der Waals surface area (Å²) in [5.74, 6) is -0.0394. The van der Waals surface area contributed by atoms with Crippen molar-refractivity contribution in [3.05, 3.63) is 24.3 Å². The van der Waals surface area contributed by atoms with Crippen LogP contribution >= 0.6 is 11.6 Å². The second-order valence-electron chi connectivity index (χ2n) is 3.22. The Morgan fingerprint density at radius 1 is 1.46 bits per heavy atom. The van der Waals surface area contributed by atoms with Crippen molar-refractivity contribution in [2.75, 3.05) is 0 Å². The normalized spacial score (nSPS) is 15.7. The van der Waals surface area contributed by atoms with E-state index in [1.54, 1.807) is 6.92 Å². The Morgan fingerprint density at radius 2 is 2.00 bits per heavy atom. The van der Waals surface area contributed by atoms with Gasteiger partial charge in [-0.05, 0) is 26.7 Å². The first-order valence-electron chi connectivity index (χ1n) is 4.46. The molecule has 0 radical (unpaired) electrons. The van der Waals surface area contributed by atoms with Crippen molar-refractivity contribution in [1.82, 2.24) is 0 Å². The molecule has 0 aliphatic heterocycles. The van der Waals surface area contributed by atoms with Crippen LogP contribution < -0.4 is 0 Å². The van der Waals surface area contributed by atoms with Crippen molar-refractivity contribution < 1.29 is 4.79 Å². The number of hydrogen-bond acceptors (Lipinski definition) is 1. The summed E-state index contributed by atoms with van der Waals surface area (Å²) in [6, 6.07) is 0. The molecule has 0 aromatic heterocycles. The molecule has 0 heterocycles. The third-order valence-electron chi connectivity index (χ3n) is 2.04. The van der Waals surface area contributed by atoms with Crippen LogP contribution in [0.4, 0.5) is 0 Å². The SMILES string of the molecule is C=C(C)C(Cl)(CC=CCC)C(C)=O. The molecule has 0 amide bonds. The minimum atomic E-state index is -0.897. The van der Waals surface area contributed by atoms with Crippen LogP contribution in [-0.2, 0) is 4.79 Å². The van der Waals surface area contributed by atoms with Gasteiger partial charge in [-0.3, -0.25) is 4.79 Å². The number of halogens is 1. The first-order chi connectivity index (χ1) is 5.95. The van der Waals surface area contributed by atoms with Crippen molar-refractivity contribution in [3.8, 4) is 0 Å². The summed E-state index contributed by atoms with van der Waals surface area (Å²) < 4.78 is 0. The highest BCUT2D eigenvalue weighted by Gasteiger charge is 2.32. The average molecular weight is 201 g/mol. The van der Waals surface area contributed by atoms with Gasteiger partial charge in [0.15, 0.2) is 5.78 Å². The van der Waals surface area contributed by atoms with Crippen molar-refractivity contribution in [1.29, 1.82) is 0 Å². The molecule has 0 aromatic rings. The summed E-state index contributed by atoms with van der Waals surface area (Å²) in [7, 11) is 0. The molecule has 0 aliphatic carbocycles. The maximum atomic E-state index is 11.3. The smallest absolute Gasteiger partial charge is 0.155 e. The highest BCUT2D eigenvalue weighted by Crippen LogP contribution is 2.29. The fourth-order valence-corrected chi connectivity index (χ4v) is 1.12. The fraction of sp³-hybridized carbons (Fsp3) is 0.545. The zero-order valence-electron chi connectivity index (χ0n) is 8.56. The van der Waals surface area contributed by atoms with Crippen molar-refractivity contribution in [2.24, 2.45) is 0 Å². The molecule has 0 bridgehead atoms. The topological polar surface area (TPSA) is 17.1 Å². The molecule has 0 N–H and O–H groups in total. The maximum absolute atomic E-state index is 11.3. The molecule has 2 heteroatoms. The second kappa shape index (κ2) is 5.23. The standard InChI is InChI=1S/C11H17ClO/c1-5-6-7-8-11(12,9(2)3)10(4)13/h6-7H,2,5,8H2,1,3-4H3. The lowest BCUT2D eigenvalue weighted by Gasteiger charge is -2.22. The van der Waals surface area contributed by atoms with E-state index in [1.165, 1.54) is 6.92 Å². The number of carbonyl (C=O) groups excluding carboxylic acids is 1. The summed E-state index contributed by atoms with van der Waals surface area (Å²) in [6.45, 7) is 9.07. The van der Waals surface area contributed by atoms with Crippen LogP contribution in [0.3, 0.4) is 0 Å². The third-order valence-corrected chi connectivity index (χ3v) is 2.78. The Balaban J connectivity index is 4.52. The minimum absolute atomic E-state index is 0.0394. The summed E-state index contributed by atoms with van der Waals surface area (Å²) in [6.07, 6.45) is 5.43. The maximum Gasteiger partial charge on any atom is 0.155 e. The Kier molecular flexibility index (Phi) is 5.01. The van der Waals surface area contributed by atoms with E-state index in [9.17, 15) is 4.79 Å². The van der Waals surface area contributed by atoms with E-state index in [2.05, 4.69) is 6.58 Å². The summed E-state index contributed by atoms with van der Waals surface area (Å²) in [5.41, 5.74) is 0.711. The minimum Gasteiger partial charge on any atom is -0.298 e. The molecule has 0 saturated heterocycles. The Labute approximate surface area is 85.5 Å². The monoisotopic (exact) mass is 200 g/mol. The molecule has 74 valence electrons. The molecule has 0 fully saturated rings. The van der Waals surface area contributed by atoms with Crippen LogP contribution in [0.1, 0.15) is 33.6 Å². The van der Waals surface area contributed by atoms with Crippen LogP contribution in [0.25, 0.3) is 0 Å². The molecule has 0 aliphatic rings. The van der Waals surface area contributed by atoms with Crippen LogP contribution in [0.15, 0.2) is 24.3 Å². The summed E-state index contributed by atoms with van der Waals surface area (Å²) >= 11 is 6.14. The lowest BCUT2D eigenvalue weighted by Crippen LogP contribution is -2.30. The van der Waals surface area contributed by atoms with E-state index >= 15 is 0 Å². The van der Waals surface area contributed by atoms with Crippen molar-refractivity contribution >= 4 is 17.4 Å². The first-order valence-corrected chi connectivity index (χ1v) is 4.84. The van der Waals surface area contributed by atoms with Crippen LogP contribution in [-0.4, -0.2) is 10.7 Å². The molecular weight excluding hydrogens is 184 g/mol. The van der Waals surface area contributed by atoms with Gasteiger partial charge in [0.05, 0.1) is 0 Å². The highest BCUT2D eigenvalue weighted by molar-refractivity contribution is 6.37. The molecule has 0 rings (SSSR count). The number of alkyl halides is 1. The quantitative estimate of drug-likeness (QED) is 0.491. The van der Waals surface area contributed by atoms with Gasteiger partial charge in [0.2, 0.25) is 0 Å². The van der Waals surface area contributed by atoms with Gasteiger partial charge in [-0.1, -0.05) is 31.2 Å². The molecule has 1 unspecified atom stereocenters. The van der Waals surface area contributed by atoms with Gasteiger partial charge in [-0.15, -0.1) is 11.6 Å². The second-order valence-corrected chi connectivity index (χ2v) is 3.87. The summed E-state index contributed by atoms with van der Waals surface area (Å²) in [4.78, 5) is 10.4. The highest BCUT2D eigenvalue weighted by atomic mass is 35.5. The van der Waals surface area contributed by atoms with Gasteiger partial charge < -0.3 is 0 Å². The van der Waals surface area contributed by atoms with Gasteiger partial charge in [-0.25, -0.2) is 0 Å². The van der Waals surface area contributed by atoms with Gasteiger partial charge in [-0.2, -0.15) is 0 Å². The lowest BCUT2D eigenvalue weighted by atomic mass is 9.93. The van der Waals surface area contributed by atoms with Gasteiger partial charge in [0.25, 0.3) is 0 Å². The van der Waals surface area contributed by atoms with E-state index in [0.29, 0.717) is 12.0 Å². The molecule has 13 heavy (non-hydrogen) atoms. The lowest BCUT2D eigenvalue weighted by molar-refractivity contribution is -0.118. The van der Waals surface area contributed by atoms with E-state index in [0.717, 1.165) is 6.42 Å². The van der Waals surface area contributed by atoms with Crippen LogP contribution in [0.2, 0.25) is 0 Å². The molecule has 1 nitrogen and oxygen atoms in total. The fourth-order valence-electron chi connectivity index (χ4n) is 1.03. The Bertz CT molecular complexity index is 214.